The monoisotopic (exact) mass is 253 g/mol. The van der Waals surface area contributed by atoms with E-state index in [4.69, 9.17) is 15.0 Å². The molecule has 2 N–H and O–H groups in total. The Kier molecular flexibility index (Phi) is 4.35. The summed E-state index contributed by atoms with van der Waals surface area (Å²) in [4.78, 5) is 4.45. The molecular weight excluding hydrogens is 230 g/mol. The average Bonchev–Trinajstić information content (AvgIpc) is 2.78. The van der Waals surface area contributed by atoms with Gasteiger partial charge in [-0.15, -0.1) is 0 Å². The maximum Gasteiger partial charge on any atom is 0.226 e. The van der Waals surface area contributed by atoms with Gasteiger partial charge in [0, 0.05) is 20.1 Å². The molecule has 1 aromatic rings. The molecule has 0 radical (unpaired) electrons. The van der Waals surface area contributed by atoms with Crippen LogP contribution in [0.1, 0.15) is 50.7 Å². The summed E-state index contributed by atoms with van der Waals surface area (Å²) in [5.74, 6) is 1.99. The third-order valence-electron chi connectivity index (χ3n) is 3.69. The molecule has 0 amide bonds. The van der Waals surface area contributed by atoms with Crippen molar-refractivity contribution in [3.8, 4) is 0 Å². The predicted molar refractivity (Wildman–Crippen MR) is 68.0 cm³/mol. The second-order valence-corrected chi connectivity index (χ2v) is 5.47. The highest BCUT2D eigenvalue weighted by Crippen LogP contribution is 2.36. The first-order valence-corrected chi connectivity index (χ1v) is 6.75. The van der Waals surface area contributed by atoms with Gasteiger partial charge in [-0.2, -0.15) is 4.98 Å². The van der Waals surface area contributed by atoms with Crippen LogP contribution in [0, 0.1) is 5.92 Å². The van der Waals surface area contributed by atoms with Crippen LogP contribution in [0.15, 0.2) is 4.52 Å². The number of methoxy groups -OCH3 is 1. The molecule has 0 saturated heterocycles. The fourth-order valence-corrected chi connectivity index (χ4v) is 2.72. The van der Waals surface area contributed by atoms with Crippen LogP contribution in [0.5, 0.6) is 0 Å². The lowest BCUT2D eigenvalue weighted by atomic mass is 9.76. The Morgan fingerprint density at radius 1 is 1.56 bits per heavy atom. The molecule has 1 fully saturated rings. The lowest BCUT2D eigenvalue weighted by Gasteiger charge is -2.33. The zero-order chi connectivity index (χ0) is 13.0. The standard InChI is InChI=1S/C13H23N3O2/c1-10-5-3-7-13(14,9-10)12-15-11(18-16-12)6-4-8-17-2/h10H,3-9,14H2,1-2H3. The van der Waals surface area contributed by atoms with Crippen LogP contribution in [-0.4, -0.2) is 23.9 Å². The van der Waals surface area contributed by atoms with E-state index in [0.29, 0.717) is 24.2 Å². The SMILES string of the molecule is COCCCc1nc(C2(N)CCCC(C)C2)no1. The van der Waals surface area contributed by atoms with E-state index < -0.39 is 0 Å². The second-order valence-electron chi connectivity index (χ2n) is 5.47. The summed E-state index contributed by atoms with van der Waals surface area (Å²) < 4.78 is 10.3. The lowest BCUT2D eigenvalue weighted by Crippen LogP contribution is -2.42. The van der Waals surface area contributed by atoms with Gasteiger partial charge in [-0.3, -0.25) is 0 Å². The van der Waals surface area contributed by atoms with E-state index in [9.17, 15) is 0 Å². The van der Waals surface area contributed by atoms with Crippen LogP contribution >= 0.6 is 0 Å². The number of hydrogen-bond acceptors (Lipinski definition) is 5. The minimum Gasteiger partial charge on any atom is -0.385 e. The smallest absolute Gasteiger partial charge is 0.226 e. The fourth-order valence-electron chi connectivity index (χ4n) is 2.72. The summed E-state index contributed by atoms with van der Waals surface area (Å²) in [5, 5.41) is 4.07. The van der Waals surface area contributed by atoms with Gasteiger partial charge in [-0.25, -0.2) is 0 Å². The molecule has 0 aromatic carbocycles. The molecule has 0 bridgehead atoms. The van der Waals surface area contributed by atoms with Crippen molar-refractivity contribution in [2.24, 2.45) is 11.7 Å². The predicted octanol–water partition coefficient (Wildman–Crippen LogP) is 2.01. The molecule has 102 valence electrons. The third-order valence-corrected chi connectivity index (χ3v) is 3.69. The highest BCUT2D eigenvalue weighted by Gasteiger charge is 2.36. The lowest BCUT2D eigenvalue weighted by molar-refractivity contribution is 0.191. The van der Waals surface area contributed by atoms with Crippen LogP contribution in [-0.2, 0) is 16.7 Å². The molecule has 1 aliphatic carbocycles. The van der Waals surface area contributed by atoms with Crippen molar-refractivity contribution < 1.29 is 9.26 Å². The minimum absolute atomic E-state index is 0.388. The first-order chi connectivity index (χ1) is 8.64. The van der Waals surface area contributed by atoms with Crippen molar-refractivity contribution in [2.45, 2.75) is 51.0 Å². The van der Waals surface area contributed by atoms with E-state index >= 15 is 0 Å². The van der Waals surface area contributed by atoms with Gasteiger partial charge < -0.3 is 15.0 Å². The van der Waals surface area contributed by atoms with Crippen LogP contribution in [0.2, 0.25) is 0 Å². The Bertz CT molecular complexity index is 380. The van der Waals surface area contributed by atoms with Crippen molar-refractivity contribution in [1.29, 1.82) is 0 Å². The minimum atomic E-state index is -0.388. The quantitative estimate of drug-likeness (QED) is 0.812. The van der Waals surface area contributed by atoms with Crippen LogP contribution in [0.3, 0.4) is 0 Å². The third kappa shape index (κ3) is 3.09. The van der Waals surface area contributed by atoms with Gasteiger partial charge in [0.05, 0.1) is 5.54 Å². The van der Waals surface area contributed by atoms with Crippen molar-refractivity contribution in [2.75, 3.05) is 13.7 Å². The summed E-state index contributed by atoms with van der Waals surface area (Å²) in [6.07, 6.45) is 5.94. The summed E-state index contributed by atoms with van der Waals surface area (Å²) in [6.45, 7) is 2.95. The van der Waals surface area contributed by atoms with E-state index in [2.05, 4.69) is 17.1 Å². The summed E-state index contributed by atoms with van der Waals surface area (Å²) in [5.41, 5.74) is 6.04. The van der Waals surface area contributed by atoms with Crippen LogP contribution in [0.4, 0.5) is 0 Å². The molecule has 0 aliphatic heterocycles. The number of nitrogens with zero attached hydrogens (tertiary/aromatic N) is 2. The number of hydrogen-bond donors (Lipinski definition) is 1. The van der Waals surface area contributed by atoms with Gasteiger partial charge in [0.1, 0.15) is 0 Å². The van der Waals surface area contributed by atoms with Crippen molar-refractivity contribution in [3.63, 3.8) is 0 Å². The molecule has 2 unspecified atom stereocenters. The van der Waals surface area contributed by atoms with E-state index in [0.717, 1.165) is 32.1 Å². The Balaban J connectivity index is 1.99. The molecule has 0 spiro atoms. The molecule has 1 aliphatic rings. The van der Waals surface area contributed by atoms with Gasteiger partial charge in [0.15, 0.2) is 5.82 Å². The zero-order valence-electron chi connectivity index (χ0n) is 11.3. The Morgan fingerprint density at radius 2 is 2.39 bits per heavy atom. The number of nitrogens with two attached hydrogens (primary N) is 1. The number of aromatic nitrogens is 2. The van der Waals surface area contributed by atoms with Crippen molar-refractivity contribution >= 4 is 0 Å². The molecule has 2 atom stereocenters. The Hall–Kier alpha value is -0.940. The first-order valence-electron chi connectivity index (χ1n) is 6.75. The molecule has 18 heavy (non-hydrogen) atoms. The summed E-state index contributed by atoms with van der Waals surface area (Å²) >= 11 is 0. The largest absolute Gasteiger partial charge is 0.385 e. The normalized spacial score (nSPS) is 28.5. The molecule has 1 heterocycles. The molecule has 5 nitrogen and oxygen atoms in total. The summed E-state index contributed by atoms with van der Waals surface area (Å²) in [6, 6.07) is 0. The highest BCUT2D eigenvalue weighted by atomic mass is 16.5. The zero-order valence-corrected chi connectivity index (χ0v) is 11.3. The molecular formula is C13H23N3O2. The van der Waals surface area contributed by atoms with Gasteiger partial charge in [0.25, 0.3) is 0 Å². The van der Waals surface area contributed by atoms with Crippen LogP contribution in [0.25, 0.3) is 0 Å². The van der Waals surface area contributed by atoms with Gasteiger partial charge in [-0.1, -0.05) is 24.9 Å². The first kappa shape index (κ1) is 13.5. The summed E-state index contributed by atoms with van der Waals surface area (Å²) in [7, 11) is 1.69. The molecule has 1 aromatic heterocycles. The van der Waals surface area contributed by atoms with Crippen molar-refractivity contribution in [1.82, 2.24) is 10.1 Å². The number of aryl methyl sites for hydroxylation is 1. The molecule has 2 rings (SSSR count). The number of ether oxygens (including phenoxy) is 1. The Labute approximate surface area is 108 Å². The van der Waals surface area contributed by atoms with Crippen LogP contribution < -0.4 is 5.73 Å². The molecule has 5 heteroatoms. The van der Waals surface area contributed by atoms with Gasteiger partial charge in [-0.05, 0) is 25.2 Å². The maximum atomic E-state index is 6.43. The van der Waals surface area contributed by atoms with E-state index in [1.807, 2.05) is 0 Å². The topological polar surface area (TPSA) is 74.2 Å². The average molecular weight is 253 g/mol. The Morgan fingerprint density at radius 3 is 3.11 bits per heavy atom. The fraction of sp³-hybridized carbons (Fsp3) is 0.846. The van der Waals surface area contributed by atoms with Gasteiger partial charge in [0.2, 0.25) is 5.89 Å². The van der Waals surface area contributed by atoms with E-state index in [-0.39, 0.29) is 5.54 Å². The van der Waals surface area contributed by atoms with E-state index in [1.54, 1.807) is 7.11 Å². The van der Waals surface area contributed by atoms with Crippen molar-refractivity contribution in [3.05, 3.63) is 11.7 Å². The molecule has 1 saturated carbocycles. The second kappa shape index (κ2) is 5.80. The highest BCUT2D eigenvalue weighted by molar-refractivity contribution is 5.06. The number of rotatable bonds is 5. The maximum absolute atomic E-state index is 6.43. The van der Waals surface area contributed by atoms with Gasteiger partial charge >= 0.3 is 0 Å². The van der Waals surface area contributed by atoms with E-state index in [1.165, 1.54) is 6.42 Å².